The molecular formula is C17H19ClN4O3. The predicted octanol–water partition coefficient (Wildman–Crippen LogP) is 1.75. The number of carbonyl (C=O) groups is 2. The van der Waals surface area contributed by atoms with Gasteiger partial charge in [-0.3, -0.25) is 4.79 Å². The molecule has 0 spiro atoms. The van der Waals surface area contributed by atoms with Crippen LogP contribution < -0.4 is 5.32 Å². The Bertz CT molecular complexity index is 689. The number of rotatable bonds is 4. The fraction of sp³-hybridized carbons (Fsp3) is 0.353. The van der Waals surface area contributed by atoms with Gasteiger partial charge in [0.1, 0.15) is 11.6 Å². The van der Waals surface area contributed by atoms with E-state index in [-0.39, 0.29) is 11.7 Å². The number of nitrogens with one attached hydrogen (secondary N) is 1. The number of hydrogen-bond acceptors (Lipinski definition) is 5. The van der Waals surface area contributed by atoms with Crippen molar-refractivity contribution >= 4 is 23.6 Å². The highest BCUT2D eigenvalue weighted by Gasteiger charge is 2.21. The molecule has 8 heteroatoms. The second-order valence-corrected chi connectivity index (χ2v) is 5.89. The van der Waals surface area contributed by atoms with Gasteiger partial charge in [-0.25, -0.2) is 4.79 Å². The summed E-state index contributed by atoms with van der Waals surface area (Å²) in [5.41, 5.74) is 0.919. The smallest absolute Gasteiger partial charge is 0.409 e. The number of nitriles is 1. The zero-order valence-corrected chi connectivity index (χ0v) is 14.6. The molecule has 0 saturated carbocycles. The second kappa shape index (κ2) is 8.94. The van der Waals surface area contributed by atoms with E-state index in [4.69, 9.17) is 11.6 Å². The van der Waals surface area contributed by atoms with Crippen molar-refractivity contribution in [3.63, 3.8) is 0 Å². The first-order chi connectivity index (χ1) is 12.0. The summed E-state index contributed by atoms with van der Waals surface area (Å²) < 4.78 is 4.68. The Morgan fingerprint density at radius 1 is 1.28 bits per heavy atom. The van der Waals surface area contributed by atoms with Gasteiger partial charge in [-0.1, -0.05) is 23.7 Å². The molecule has 0 aromatic heterocycles. The quantitative estimate of drug-likeness (QED) is 0.651. The summed E-state index contributed by atoms with van der Waals surface area (Å²) in [7, 11) is 1.34. The highest BCUT2D eigenvalue weighted by Crippen LogP contribution is 2.10. The number of ether oxygens (including phenoxy) is 1. The third-order valence-corrected chi connectivity index (χ3v) is 4.04. The lowest BCUT2D eigenvalue weighted by Gasteiger charge is -2.33. The van der Waals surface area contributed by atoms with E-state index >= 15 is 0 Å². The summed E-state index contributed by atoms with van der Waals surface area (Å²) >= 11 is 5.82. The summed E-state index contributed by atoms with van der Waals surface area (Å²) in [5, 5.41) is 12.6. The Hall–Kier alpha value is -2.72. The maximum atomic E-state index is 12.2. The van der Waals surface area contributed by atoms with Gasteiger partial charge in [0.15, 0.2) is 0 Å². The zero-order valence-electron chi connectivity index (χ0n) is 13.9. The molecule has 1 aliphatic rings. The van der Waals surface area contributed by atoms with Crippen molar-refractivity contribution in [2.45, 2.75) is 6.54 Å². The second-order valence-electron chi connectivity index (χ2n) is 5.46. The van der Waals surface area contributed by atoms with Gasteiger partial charge in [0.2, 0.25) is 0 Å². The van der Waals surface area contributed by atoms with E-state index in [1.807, 2.05) is 23.1 Å². The van der Waals surface area contributed by atoms with Crippen LogP contribution in [-0.4, -0.2) is 55.1 Å². The van der Waals surface area contributed by atoms with Crippen molar-refractivity contribution in [3.05, 3.63) is 46.6 Å². The van der Waals surface area contributed by atoms with Crippen LogP contribution in [0.15, 0.2) is 36.0 Å². The van der Waals surface area contributed by atoms with E-state index in [0.29, 0.717) is 37.7 Å². The van der Waals surface area contributed by atoms with Crippen molar-refractivity contribution in [3.8, 4) is 6.07 Å². The molecular weight excluding hydrogens is 344 g/mol. The Morgan fingerprint density at radius 3 is 2.48 bits per heavy atom. The van der Waals surface area contributed by atoms with Crippen LogP contribution in [0.5, 0.6) is 0 Å². The lowest BCUT2D eigenvalue weighted by molar-refractivity contribution is -0.117. The molecule has 0 aliphatic carbocycles. The van der Waals surface area contributed by atoms with Crippen molar-refractivity contribution in [1.29, 1.82) is 5.26 Å². The predicted molar refractivity (Wildman–Crippen MR) is 92.5 cm³/mol. The molecule has 1 saturated heterocycles. The van der Waals surface area contributed by atoms with Gasteiger partial charge in [-0.05, 0) is 17.7 Å². The molecule has 1 aromatic rings. The number of benzene rings is 1. The fourth-order valence-electron chi connectivity index (χ4n) is 2.36. The lowest BCUT2D eigenvalue weighted by atomic mass is 10.2. The average molecular weight is 363 g/mol. The van der Waals surface area contributed by atoms with Crippen molar-refractivity contribution in [2.75, 3.05) is 33.3 Å². The molecule has 2 rings (SSSR count). The molecule has 1 aromatic carbocycles. The van der Waals surface area contributed by atoms with Crippen molar-refractivity contribution < 1.29 is 14.3 Å². The van der Waals surface area contributed by atoms with E-state index in [1.54, 1.807) is 17.0 Å². The molecule has 1 N–H and O–H groups in total. The SMILES string of the molecule is COC(=O)N1CCN(/C=C(/C#N)C(=O)NCc2ccc(Cl)cc2)CC1. The Morgan fingerprint density at radius 2 is 1.92 bits per heavy atom. The molecule has 25 heavy (non-hydrogen) atoms. The number of hydrogen-bond donors (Lipinski definition) is 1. The van der Waals surface area contributed by atoms with Gasteiger partial charge in [0.25, 0.3) is 5.91 Å². The van der Waals surface area contributed by atoms with Crippen molar-refractivity contribution in [2.24, 2.45) is 0 Å². The number of amides is 2. The third kappa shape index (κ3) is 5.40. The summed E-state index contributed by atoms with van der Waals surface area (Å²) in [6.07, 6.45) is 1.16. The van der Waals surface area contributed by atoms with Gasteiger partial charge >= 0.3 is 6.09 Å². The van der Waals surface area contributed by atoms with E-state index < -0.39 is 5.91 Å². The number of methoxy groups -OCH3 is 1. The molecule has 0 bridgehead atoms. The molecule has 1 fully saturated rings. The minimum Gasteiger partial charge on any atom is -0.453 e. The number of piperazine rings is 1. The van der Waals surface area contributed by atoms with Crippen LogP contribution in [0.3, 0.4) is 0 Å². The molecule has 1 heterocycles. The van der Waals surface area contributed by atoms with Crippen LogP contribution in [0.1, 0.15) is 5.56 Å². The Balaban J connectivity index is 1.89. The van der Waals surface area contributed by atoms with E-state index in [9.17, 15) is 14.9 Å². The first-order valence-corrected chi connectivity index (χ1v) is 8.13. The van der Waals surface area contributed by atoms with Crippen LogP contribution in [-0.2, 0) is 16.1 Å². The molecule has 0 unspecified atom stereocenters. The third-order valence-electron chi connectivity index (χ3n) is 3.79. The van der Waals surface area contributed by atoms with Gasteiger partial charge in [-0.15, -0.1) is 0 Å². The van der Waals surface area contributed by atoms with Crippen LogP contribution >= 0.6 is 11.6 Å². The van der Waals surface area contributed by atoms with Gasteiger partial charge in [0.05, 0.1) is 7.11 Å². The molecule has 0 atom stereocenters. The Kier molecular flexibility index (Phi) is 6.66. The van der Waals surface area contributed by atoms with E-state index in [0.717, 1.165) is 5.56 Å². The summed E-state index contributed by atoms with van der Waals surface area (Å²) in [6, 6.07) is 9.02. The standard InChI is InChI=1S/C17H19ClN4O3/c1-25-17(24)22-8-6-21(7-9-22)12-14(10-19)16(23)20-11-13-2-4-15(18)5-3-13/h2-5,12H,6-9,11H2,1H3,(H,20,23)/b14-12-. The van der Waals surface area contributed by atoms with Gasteiger partial charge < -0.3 is 19.9 Å². The lowest BCUT2D eigenvalue weighted by Crippen LogP contribution is -2.47. The molecule has 1 aliphatic heterocycles. The Labute approximate surface area is 151 Å². The molecule has 0 radical (unpaired) electrons. The topological polar surface area (TPSA) is 85.7 Å². The molecule has 2 amide bonds. The molecule has 132 valence electrons. The number of halogens is 1. The van der Waals surface area contributed by atoms with Gasteiger partial charge in [-0.2, -0.15) is 5.26 Å². The zero-order chi connectivity index (χ0) is 18.2. The van der Waals surface area contributed by atoms with Crippen LogP contribution in [0.25, 0.3) is 0 Å². The minimum absolute atomic E-state index is 0.0282. The van der Waals surface area contributed by atoms with E-state index in [1.165, 1.54) is 13.3 Å². The summed E-state index contributed by atoms with van der Waals surface area (Å²) in [4.78, 5) is 27.0. The maximum Gasteiger partial charge on any atom is 0.409 e. The average Bonchev–Trinajstić information content (AvgIpc) is 2.65. The normalized spacial score (nSPS) is 14.7. The fourth-order valence-corrected chi connectivity index (χ4v) is 2.49. The van der Waals surface area contributed by atoms with Crippen LogP contribution in [0.4, 0.5) is 4.79 Å². The highest BCUT2D eigenvalue weighted by molar-refractivity contribution is 6.30. The van der Waals surface area contributed by atoms with Crippen LogP contribution in [0, 0.1) is 11.3 Å². The number of nitrogens with zero attached hydrogens (tertiary/aromatic N) is 3. The number of carbonyl (C=O) groups excluding carboxylic acids is 2. The highest BCUT2D eigenvalue weighted by atomic mass is 35.5. The van der Waals surface area contributed by atoms with Crippen molar-refractivity contribution in [1.82, 2.24) is 15.1 Å². The first-order valence-electron chi connectivity index (χ1n) is 7.75. The molecule has 7 nitrogen and oxygen atoms in total. The monoisotopic (exact) mass is 362 g/mol. The minimum atomic E-state index is -0.437. The van der Waals surface area contributed by atoms with E-state index in [2.05, 4.69) is 10.1 Å². The summed E-state index contributed by atoms with van der Waals surface area (Å²) in [5.74, 6) is -0.437. The van der Waals surface area contributed by atoms with Gasteiger partial charge in [0, 0.05) is 43.9 Å². The summed E-state index contributed by atoms with van der Waals surface area (Å²) in [6.45, 7) is 2.34. The van der Waals surface area contributed by atoms with Crippen LogP contribution in [0.2, 0.25) is 5.02 Å². The maximum absolute atomic E-state index is 12.2. The largest absolute Gasteiger partial charge is 0.453 e. The first kappa shape index (κ1) is 18.6.